The van der Waals surface area contributed by atoms with Crippen LogP contribution in [-0.4, -0.2) is 37.2 Å². The lowest BCUT2D eigenvalue weighted by atomic mass is 10.1. The topological polar surface area (TPSA) is 78.9 Å². The van der Waals surface area contributed by atoms with Crippen LogP contribution in [0.25, 0.3) is 0 Å². The molecule has 1 unspecified atom stereocenters. The van der Waals surface area contributed by atoms with Crippen LogP contribution in [0, 0.1) is 0 Å². The Labute approximate surface area is 394 Å². The average molecular weight is 889 g/mol. The van der Waals surface area contributed by atoms with E-state index in [4.69, 9.17) is 14.2 Å². The SMILES string of the molecule is CC/C=C\C/C=C\CCCCC(=O)OCC(COC(=O)CCCCCCCCC/C=C\CCCCCCCCCC)OC(=O)CCCCCCC\C=C/C=C\C=C/C=C\C=C/CCC. The molecule has 0 spiro atoms. The molecule has 0 aromatic heterocycles. The standard InChI is InChI=1S/C58H96O6/c1-4-7-10-13-16-19-21-23-25-27-29-31-32-34-36-39-42-45-48-51-57(60)63-54-55(53-62-56(59)50-47-44-41-38-18-15-12-9-6-3)64-58(61)52-49-46-43-40-37-35-33-30-28-26-24-22-20-17-14-11-8-5-2/h9,11-12,14,17-18,20,22,24,26-30,33,38,55H,4-8,10,13,15-16,19,21,23,25,31-32,34-37,39-54H2,1-3H3/b12-9-,14-11-,20-17-,24-22-,28-26-,29-27-,33-30-,38-18-. The molecule has 364 valence electrons. The fraction of sp³-hybridized carbons (Fsp3) is 0.672. The van der Waals surface area contributed by atoms with Crippen LogP contribution in [0.3, 0.4) is 0 Å². The van der Waals surface area contributed by atoms with Crippen LogP contribution in [-0.2, 0) is 28.6 Å². The molecule has 6 heteroatoms. The normalized spacial score (nSPS) is 12.9. The van der Waals surface area contributed by atoms with Gasteiger partial charge in [-0.1, -0.05) is 221 Å². The van der Waals surface area contributed by atoms with Gasteiger partial charge in [0.1, 0.15) is 13.2 Å². The van der Waals surface area contributed by atoms with E-state index in [0.29, 0.717) is 19.3 Å². The fourth-order valence-electron chi connectivity index (χ4n) is 6.97. The molecule has 0 heterocycles. The summed E-state index contributed by atoms with van der Waals surface area (Å²) in [5.41, 5.74) is 0. The first-order valence-corrected chi connectivity index (χ1v) is 26.3. The van der Waals surface area contributed by atoms with Crippen molar-refractivity contribution in [3.05, 3.63) is 97.2 Å². The molecular formula is C58H96O6. The zero-order valence-electron chi connectivity index (χ0n) is 41.5. The van der Waals surface area contributed by atoms with Gasteiger partial charge in [-0.05, 0) is 89.9 Å². The van der Waals surface area contributed by atoms with E-state index in [1.807, 2.05) is 36.5 Å². The van der Waals surface area contributed by atoms with Crippen molar-refractivity contribution in [1.29, 1.82) is 0 Å². The van der Waals surface area contributed by atoms with E-state index in [1.54, 1.807) is 0 Å². The second kappa shape index (κ2) is 52.0. The Morgan fingerprint density at radius 3 is 1.19 bits per heavy atom. The number of hydrogen-bond acceptors (Lipinski definition) is 6. The van der Waals surface area contributed by atoms with Crippen molar-refractivity contribution in [3.8, 4) is 0 Å². The molecule has 0 fully saturated rings. The van der Waals surface area contributed by atoms with Crippen LogP contribution in [0.2, 0.25) is 0 Å². The van der Waals surface area contributed by atoms with Gasteiger partial charge in [0.05, 0.1) is 0 Å². The van der Waals surface area contributed by atoms with Crippen molar-refractivity contribution in [2.45, 2.75) is 239 Å². The monoisotopic (exact) mass is 889 g/mol. The summed E-state index contributed by atoms with van der Waals surface area (Å²) < 4.78 is 16.7. The lowest BCUT2D eigenvalue weighted by Crippen LogP contribution is -2.30. The Kier molecular flexibility index (Phi) is 49.0. The Hall–Kier alpha value is -3.67. The van der Waals surface area contributed by atoms with Gasteiger partial charge in [0.25, 0.3) is 0 Å². The Balaban J connectivity index is 4.39. The minimum absolute atomic E-state index is 0.102. The van der Waals surface area contributed by atoms with Gasteiger partial charge < -0.3 is 14.2 Å². The first-order valence-electron chi connectivity index (χ1n) is 26.3. The zero-order valence-corrected chi connectivity index (χ0v) is 41.5. The van der Waals surface area contributed by atoms with Gasteiger partial charge in [0, 0.05) is 19.3 Å². The molecule has 0 amide bonds. The van der Waals surface area contributed by atoms with Gasteiger partial charge in [-0.25, -0.2) is 0 Å². The van der Waals surface area contributed by atoms with Crippen LogP contribution < -0.4 is 0 Å². The number of ether oxygens (including phenoxy) is 3. The number of carbonyl (C=O) groups is 3. The van der Waals surface area contributed by atoms with Crippen molar-refractivity contribution in [1.82, 2.24) is 0 Å². The molecular weight excluding hydrogens is 793 g/mol. The molecule has 0 rings (SSSR count). The van der Waals surface area contributed by atoms with Crippen LogP contribution in [0.4, 0.5) is 0 Å². The lowest BCUT2D eigenvalue weighted by molar-refractivity contribution is -0.167. The highest BCUT2D eigenvalue weighted by atomic mass is 16.6. The third kappa shape index (κ3) is 49.3. The van der Waals surface area contributed by atoms with Crippen molar-refractivity contribution in [2.24, 2.45) is 0 Å². The van der Waals surface area contributed by atoms with Crippen LogP contribution in [0.5, 0.6) is 0 Å². The second-order valence-corrected chi connectivity index (χ2v) is 17.2. The molecule has 0 aromatic rings. The number of allylic oxidation sites excluding steroid dienone is 16. The summed E-state index contributed by atoms with van der Waals surface area (Å²) in [6.07, 6.45) is 68.3. The maximum atomic E-state index is 12.8. The largest absolute Gasteiger partial charge is 0.462 e. The number of hydrogen-bond donors (Lipinski definition) is 0. The molecule has 0 aromatic carbocycles. The van der Waals surface area contributed by atoms with E-state index in [2.05, 4.69) is 81.5 Å². The van der Waals surface area contributed by atoms with Crippen LogP contribution in [0.1, 0.15) is 233 Å². The Morgan fingerprint density at radius 1 is 0.344 bits per heavy atom. The highest BCUT2D eigenvalue weighted by Gasteiger charge is 2.19. The van der Waals surface area contributed by atoms with Crippen molar-refractivity contribution >= 4 is 17.9 Å². The maximum Gasteiger partial charge on any atom is 0.306 e. The van der Waals surface area contributed by atoms with E-state index in [0.717, 1.165) is 96.3 Å². The van der Waals surface area contributed by atoms with Crippen molar-refractivity contribution in [2.75, 3.05) is 13.2 Å². The van der Waals surface area contributed by atoms with Gasteiger partial charge in [-0.15, -0.1) is 0 Å². The van der Waals surface area contributed by atoms with E-state index >= 15 is 0 Å². The average Bonchev–Trinajstić information content (AvgIpc) is 3.29. The van der Waals surface area contributed by atoms with Gasteiger partial charge in [0.15, 0.2) is 6.10 Å². The third-order valence-corrected chi connectivity index (χ3v) is 10.9. The fourth-order valence-corrected chi connectivity index (χ4v) is 6.97. The predicted octanol–water partition coefficient (Wildman–Crippen LogP) is 17.4. The van der Waals surface area contributed by atoms with E-state index < -0.39 is 6.10 Å². The van der Waals surface area contributed by atoms with Crippen molar-refractivity contribution < 1.29 is 28.6 Å². The van der Waals surface area contributed by atoms with Gasteiger partial charge in [0.2, 0.25) is 0 Å². The lowest BCUT2D eigenvalue weighted by Gasteiger charge is -2.18. The second-order valence-electron chi connectivity index (χ2n) is 17.2. The summed E-state index contributed by atoms with van der Waals surface area (Å²) in [6.45, 7) is 6.36. The summed E-state index contributed by atoms with van der Waals surface area (Å²) in [7, 11) is 0. The number of esters is 3. The van der Waals surface area contributed by atoms with E-state index in [1.165, 1.54) is 96.3 Å². The van der Waals surface area contributed by atoms with Crippen molar-refractivity contribution in [3.63, 3.8) is 0 Å². The molecule has 0 saturated heterocycles. The maximum absolute atomic E-state index is 12.8. The predicted molar refractivity (Wildman–Crippen MR) is 274 cm³/mol. The Bertz CT molecular complexity index is 1300. The van der Waals surface area contributed by atoms with Crippen LogP contribution >= 0.6 is 0 Å². The molecule has 1 atom stereocenters. The molecule has 0 bridgehead atoms. The first-order chi connectivity index (χ1) is 31.5. The molecule has 0 N–H and O–H groups in total. The summed E-state index contributed by atoms with van der Waals surface area (Å²) in [6, 6.07) is 0. The summed E-state index contributed by atoms with van der Waals surface area (Å²) in [5.74, 6) is -0.972. The van der Waals surface area contributed by atoms with Crippen LogP contribution in [0.15, 0.2) is 97.2 Å². The molecule has 0 aliphatic carbocycles. The molecule has 64 heavy (non-hydrogen) atoms. The van der Waals surface area contributed by atoms with Gasteiger partial charge >= 0.3 is 17.9 Å². The summed E-state index contributed by atoms with van der Waals surface area (Å²) in [5, 5.41) is 0. The summed E-state index contributed by atoms with van der Waals surface area (Å²) >= 11 is 0. The first kappa shape index (κ1) is 60.3. The van der Waals surface area contributed by atoms with Gasteiger partial charge in [-0.2, -0.15) is 0 Å². The molecule has 0 aliphatic heterocycles. The molecule has 0 saturated carbocycles. The quantitative estimate of drug-likeness (QED) is 0.0199. The highest BCUT2D eigenvalue weighted by Crippen LogP contribution is 2.14. The summed E-state index contributed by atoms with van der Waals surface area (Å²) in [4.78, 5) is 37.9. The minimum atomic E-state index is -0.806. The Morgan fingerprint density at radius 2 is 0.703 bits per heavy atom. The molecule has 0 aliphatic rings. The van der Waals surface area contributed by atoms with E-state index in [-0.39, 0.29) is 31.1 Å². The third-order valence-electron chi connectivity index (χ3n) is 10.9. The van der Waals surface area contributed by atoms with Gasteiger partial charge in [-0.3, -0.25) is 14.4 Å². The zero-order chi connectivity index (χ0) is 46.5. The number of carbonyl (C=O) groups excluding carboxylic acids is 3. The van der Waals surface area contributed by atoms with E-state index in [9.17, 15) is 14.4 Å². The smallest absolute Gasteiger partial charge is 0.306 e. The number of unbranched alkanes of at least 4 members (excludes halogenated alkanes) is 23. The minimum Gasteiger partial charge on any atom is -0.462 e. The highest BCUT2D eigenvalue weighted by molar-refractivity contribution is 5.71. The molecule has 6 nitrogen and oxygen atoms in total. The number of rotatable bonds is 46. The molecule has 0 radical (unpaired) electrons.